The van der Waals surface area contributed by atoms with Crippen LogP contribution in [0.5, 0.6) is 0 Å². The molecular formula is C16H15FN2O. The van der Waals surface area contributed by atoms with Crippen LogP contribution in [0.1, 0.15) is 17.5 Å². The number of nitrogens with zero attached hydrogens (tertiary/aromatic N) is 1. The predicted octanol–water partition coefficient (Wildman–Crippen LogP) is 2.96. The third-order valence-electron chi connectivity index (χ3n) is 3.71. The first-order valence-corrected chi connectivity index (χ1v) is 6.71. The molecule has 3 nitrogen and oxygen atoms in total. The van der Waals surface area contributed by atoms with Crippen LogP contribution in [0.3, 0.4) is 0 Å². The Labute approximate surface area is 116 Å². The average Bonchev–Trinajstić information content (AvgIpc) is 2.49. The Morgan fingerprint density at radius 2 is 2.00 bits per heavy atom. The van der Waals surface area contributed by atoms with Crippen molar-refractivity contribution in [2.24, 2.45) is 5.92 Å². The van der Waals surface area contributed by atoms with E-state index in [-0.39, 0.29) is 11.8 Å². The zero-order valence-electron chi connectivity index (χ0n) is 11.0. The molecule has 2 aromatic rings. The number of anilines is 1. The van der Waals surface area contributed by atoms with Crippen molar-refractivity contribution in [2.45, 2.75) is 19.3 Å². The number of carbonyl (C=O) groups excluding carboxylic acids is 1. The van der Waals surface area contributed by atoms with E-state index in [0.717, 1.165) is 19.3 Å². The standard InChI is InChI=1S/C16H15FN2O/c17-15-8-7-14(10-18-15)19-16(20)13-6-5-11-3-1-2-4-12(11)9-13/h1-4,7-8,10,13H,5-6,9H2,(H,19,20). The van der Waals surface area contributed by atoms with Crippen LogP contribution in [0.15, 0.2) is 42.6 Å². The summed E-state index contributed by atoms with van der Waals surface area (Å²) in [5, 5.41) is 2.80. The SMILES string of the molecule is O=C(Nc1ccc(F)nc1)C1CCc2ccccc2C1. The van der Waals surface area contributed by atoms with Gasteiger partial charge in [-0.1, -0.05) is 24.3 Å². The summed E-state index contributed by atoms with van der Waals surface area (Å²) < 4.78 is 12.7. The van der Waals surface area contributed by atoms with Crippen molar-refractivity contribution in [2.75, 3.05) is 5.32 Å². The molecule has 0 fully saturated rings. The molecule has 0 radical (unpaired) electrons. The first-order chi connectivity index (χ1) is 9.72. The second kappa shape index (κ2) is 5.41. The molecule has 1 aliphatic rings. The van der Waals surface area contributed by atoms with E-state index >= 15 is 0 Å². The number of rotatable bonds is 2. The van der Waals surface area contributed by atoms with Crippen LogP contribution in [0.25, 0.3) is 0 Å². The Kier molecular flexibility index (Phi) is 3.46. The smallest absolute Gasteiger partial charge is 0.227 e. The van der Waals surface area contributed by atoms with E-state index in [1.54, 1.807) is 0 Å². The van der Waals surface area contributed by atoms with Gasteiger partial charge in [0.25, 0.3) is 0 Å². The molecule has 1 atom stereocenters. The first kappa shape index (κ1) is 12.8. The van der Waals surface area contributed by atoms with Gasteiger partial charge < -0.3 is 5.32 Å². The molecule has 0 aliphatic heterocycles. The number of carbonyl (C=O) groups is 1. The fourth-order valence-corrected chi connectivity index (χ4v) is 2.62. The van der Waals surface area contributed by atoms with Crippen LogP contribution in [-0.2, 0) is 17.6 Å². The summed E-state index contributed by atoms with van der Waals surface area (Å²) in [6.45, 7) is 0. The van der Waals surface area contributed by atoms with Gasteiger partial charge in [-0.2, -0.15) is 4.39 Å². The third kappa shape index (κ3) is 2.69. The van der Waals surface area contributed by atoms with Gasteiger partial charge in [0.1, 0.15) is 0 Å². The summed E-state index contributed by atoms with van der Waals surface area (Å²) in [5.74, 6) is -0.600. The monoisotopic (exact) mass is 270 g/mol. The number of hydrogen-bond donors (Lipinski definition) is 1. The molecule has 0 saturated heterocycles. The highest BCUT2D eigenvalue weighted by molar-refractivity contribution is 5.92. The Morgan fingerprint density at radius 1 is 1.20 bits per heavy atom. The van der Waals surface area contributed by atoms with Gasteiger partial charge in [0.15, 0.2) is 0 Å². The van der Waals surface area contributed by atoms with Crippen LogP contribution in [0.4, 0.5) is 10.1 Å². The molecule has 1 aromatic carbocycles. The van der Waals surface area contributed by atoms with Crippen LogP contribution >= 0.6 is 0 Å². The zero-order chi connectivity index (χ0) is 13.9. The molecule has 3 rings (SSSR count). The molecule has 4 heteroatoms. The number of nitrogens with one attached hydrogen (secondary N) is 1. The lowest BCUT2D eigenvalue weighted by molar-refractivity contribution is -0.120. The van der Waals surface area contributed by atoms with Crippen molar-refractivity contribution in [3.63, 3.8) is 0 Å². The van der Waals surface area contributed by atoms with Crippen LogP contribution in [0.2, 0.25) is 0 Å². The number of fused-ring (bicyclic) bond motifs is 1. The number of pyridine rings is 1. The fraction of sp³-hybridized carbons (Fsp3) is 0.250. The maximum Gasteiger partial charge on any atom is 0.227 e. The van der Waals surface area contributed by atoms with E-state index in [2.05, 4.69) is 22.4 Å². The van der Waals surface area contributed by atoms with Gasteiger partial charge in [0, 0.05) is 5.92 Å². The first-order valence-electron chi connectivity index (χ1n) is 6.71. The number of aryl methyl sites for hydroxylation is 1. The van der Waals surface area contributed by atoms with Gasteiger partial charge >= 0.3 is 0 Å². The lowest BCUT2D eigenvalue weighted by atomic mass is 9.83. The van der Waals surface area contributed by atoms with Crippen molar-refractivity contribution < 1.29 is 9.18 Å². The molecule has 1 N–H and O–H groups in total. The molecule has 0 spiro atoms. The second-order valence-electron chi connectivity index (χ2n) is 5.07. The molecule has 102 valence electrons. The normalized spacial score (nSPS) is 17.4. The quantitative estimate of drug-likeness (QED) is 0.852. The number of halogens is 1. The van der Waals surface area contributed by atoms with Gasteiger partial charge in [-0.15, -0.1) is 0 Å². The van der Waals surface area contributed by atoms with Gasteiger partial charge in [-0.3, -0.25) is 4.79 Å². The molecule has 20 heavy (non-hydrogen) atoms. The second-order valence-corrected chi connectivity index (χ2v) is 5.07. The van der Waals surface area contributed by atoms with E-state index < -0.39 is 5.95 Å². The summed E-state index contributed by atoms with van der Waals surface area (Å²) in [6.07, 6.45) is 3.87. The molecule has 1 aromatic heterocycles. The highest BCUT2D eigenvalue weighted by Gasteiger charge is 2.24. The highest BCUT2D eigenvalue weighted by Crippen LogP contribution is 2.26. The summed E-state index contributed by atoms with van der Waals surface area (Å²) in [6, 6.07) is 11.0. The minimum absolute atomic E-state index is 0.0205. The van der Waals surface area contributed by atoms with Gasteiger partial charge in [0.05, 0.1) is 11.9 Å². The molecular weight excluding hydrogens is 255 g/mol. The lowest BCUT2D eigenvalue weighted by Crippen LogP contribution is -2.28. The molecule has 0 bridgehead atoms. The average molecular weight is 270 g/mol. The van der Waals surface area contributed by atoms with E-state index in [9.17, 15) is 9.18 Å². The summed E-state index contributed by atoms with van der Waals surface area (Å²) in [5.41, 5.74) is 3.12. The van der Waals surface area contributed by atoms with Crippen LogP contribution in [0, 0.1) is 11.9 Å². The molecule has 1 unspecified atom stereocenters. The maximum atomic E-state index is 12.7. The van der Waals surface area contributed by atoms with Crippen molar-refractivity contribution in [3.05, 3.63) is 59.7 Å². The summed E-state index contributed by atoms with van der Waals surface area (Å²) in [7, 11) is 0. The minimum Gasteiger partial charge on any atom is -0.324 e. The number of benzene rings is 1. The Hall–Kier alpha value is -2.23. The maximum absolute atomic E-state index is 12.7. The predicted molar refractivity (Wildman–Crippen MR) is 74.8 cm³/mol. The van der Waals surface area contributed by atoms with E-state index in [1.807, 2.05) is 12.1 Å². The number of hydrogen-bond acceptors (Lipinski definition) is 2. The third-order valence-corrected chi connectivity index (χ3v) is 3.71. The molecule has 1 amide bonds. The van der Waals surface area contributed by atoms with Crippen molar-refractivity contribution in [1.29, 1.82) is 0 Å². The topological polar surface area (TPSA) is 42.0 Å². The van der Waals surface area contributed by atoms with Crippen molar-refractivity contribution in [1.82, 2.24) is 4.98 Å². The highest BCUT2D eigenvalue weighted by atomic mass is 19.1. The van der Waals surface area contributed by atoms with E-state index in [4.69, 9.17) is 0 Å². The summed E-state index contributed by atoms with van der Waals surface area (Å²) >= 11 is 0. The van der Waals surface area contributed by atoms with Crippen LogP contribution < -0.4 is 5.32 Å². The lowest BCUT2D eigenvalue weighted by Gasteiger charge is -2.23. The molecule has 1 heterocycles. The van der Waals surface area contributed by atoms with Gasteiger partial charge in [0.2, 0.25) is 11.9 Å². The van der Waals surface area contributed by atoms with E-state index in [0.29, 0.717) is 5.69 Å². The summed E-state index contributed by atoms with van der Waals surface area (Å²) in [4.78, 5) is 15.8. The van der Waals surface area contributed by atoms with Crippen molar-refractivity contribution in [3.8, 4) is 0 Å². The minimum atomic E-state index is -0.547. The largest absolute Gasteiger partial charge is 0.324 e. The zero-order valence-corrected chi connectivity index (χ0v) is 11.0. The van der Waals surface area contributed by atoms with Gasteiger partial charge in [-0.25, -0.2) is 4.98 Å². The fourth-order valence-electron chi connectivity index (χ4n) is 2.62. The number of aromatic nitrogens is 1. The van der Waals surface area contributed by atoms with E-state index in [1.165, 1.54) is 29.5 Å². The number of amides is 1. The Balaban J connectivity index is 1.68. The Bertz CT molecular complexity index is 625. The molecule has 1 aliphatic carbocycles. The van der Waals surface area contributed by atoms with Crippen LogP contribution in [-0.4, -0.2) is 10.9 Å². The van der Waals surface area contributed by atoms with Crippen molar-refractivity contribution >= 4 is 11.6 Å². The Morgan fingerprint density at radius 3 is 2.75 bits per heavy atom. The molecule has 0 saturated carbocycles. The van der Waals surface area contributed by atoms with Gasteiger partial charge in [-0.05, 0) is 42.5 Å².